The summed E-state index contributed by atoms with van der Waals surface area (Å²) in [5.41, 5.74) is -0.722. The van der Waals surface area contributed by atoms with Crippen LogP contribution in [0.4, 0.5) is 0 Å². The zero-order valence-electron chi connectivity index (χ0n) is 7.65. The second kappa shape index (κ2) is 4.34. The Bertz CT molecular complexity index is 83.3. The second-order valence-corrected chi connectivity index (χ2v) is 13.3. The van der Waals surface area contributed by atoms with Crippen LogP contribution in [0.2, 0.25) is 15.8 Å². The van der Waals surface area contributed by atoms with Crippen LogP contribution < -0.4 is 0 Å². The molecule has 0 unspecified atom stereocenters. The first kappa shape index (κ1) is 7.61. The van der Waals surface area contributed by atoms with Gasteiger partial charge in [0.15, 0.2) is 0 Å². The van der Waals surface area contributed by atoms with Gasteiger partial charge in [0.25, 0.3) is 0 Å². The molecule has 0 fully saturated rings. The first-order valence-corrected chi connectivity index (χ1v) is 9.39. The van der Waals surface area contributed by atoms with Gasteiger partial charge in [-0.1, -0.05) is 0 Å². The third-order valence-electron chi connectivity index (χ3n) is 2.39. The molecule has 2 heteroatoms. The minimum atomic E-state index is -2.07. The van der Waals surface area contributed by atoms with Crippen LogP contribution in [0.25, 0.3) is 0 Å². The van der Waals surface area contributed by atoms with Crippen LogP contribution in [0.5, 0.6) is 0 Å². The number of aliphatic hydroxyl groups is 1. The molecule has 0 heterocycles. The van der Waals surface area contributed by atoms with E-state index in [1.54, 1.807) is 0 Å². The van der Waals surface area contributed by atoms with E-state index in [1.165, 1.54) is 0 Å². The average molecular weight is 192 g/mol. The summed E-state index contributed by atoms with van der Waals surface area (Å²) in [6.45, 7) is 6.35. The molecular formula is C7H18GeO. The Morgan fingerprint density at radius 3 is 1.56 bits per heavy atom. The van der Waals surface area contributed by atoms with Gasteiger partial charge in [-0.3, -0.25) is 0 Å². The fourth-order valence-electron chi connectivity index (χ4n) is 1.02. The van der Waals surface area contributed by atoms with Gasteiger partial charge in [-0.05, 0) is 0 Å². The van der Waals surface area contributed by atoms with Crippen molar-refractivity contribution >= 4 is 13.3 Å². The van der Waals surface area contributed by atoms with Crippen LogP contribution in [-0.2, 0) is 0 Å². The van der Waals surface area contributed by atoms with Gasteiger partial charge in [-0.15, -0.1) is 0 Å². The van der Waals surface area contributed by atoms with Crippen molar-refractivity contribution in [2.24, 2.45) is 0 Å². The summed E-state index contributed by atoms with van der Waals surface area (Å²) >= 11 is -2.07. The van der Waals surface area contributed by atoms with Gasteiger partial charge in [0, 0.05) is 0 Å². The van der Waals surface area contributed by atoms with Crippen molar-refractivity contribution in [3.05, 3.63) is 0 Å². The number of aliphatic hydroxyl groups excluding tert-OH is 1. The Hall–Kier alpha value is 0.503. The van der Waals surface area contributed by atoms with Crippen LogP contribution in [0.1, 0.15) is 22.1 Å². The average Bonchev–Trinajstić information content (AvgIpc) is 1.92. The zero-order chi connectivity index (χ0) is 8.20. The van der Waals surface area contributed by atoms with E-state index in [0.717, 1.165) is 15.8 Å². The molecule has 56 valence electrons. The van der Waals surface area contributed by atoms with E-state index in [-0.39, 0.29) is 0 Å². The van der Waals surface area contributed by atoms with Gasteiger partial charge in [0.05, 0.1) is 0 Å². The Balaban J connectivity index is 4.15. The predicted molar refractivity (Wildman–Crippen MR) is 44.3 cm³/mol. The molecule has 0 bridgehead atoms. The molecule has 9 heavy (non-hydrogen) atoms. The van der Waals surface area contributed by atoms with Gasteiger partial charge < -0.3 is 0 Å². The molecule has 0 aromatic rings. The first-order chi connectivity index (χ1) is 4.63. The molecule has 0 radical (unpaired) electrons. The van der Waals surface area contributed by atoms with Crippen LogP contribution in [0.3, 0.4) is 0 Å². The summed E-state index contributed by atoms with van der Waals surface area (Å²) in [5, 5.41) is 12.5. The molecule has 1 atom stereocenters. The van der Waals surface area contributed by atoms with Crippen molar-refractivity contribution in [1.82, 2.24) is 0 Å². The first-order valence-electron chi connectivity index (χ1n) is 4.31. The molecule has 0 aliphatic heterocycles. The maximum absolute atomic E-state index is 9.21. The van der Waals surface area contributed by atoms with Gasteiger partial charge in [0.2, 0.25) is 0 Å². The van der Waals surface area contributed by atoms with Crippen molar-refractivity contribution in [3.63, 3.8) is 0 Å². The van der Waals surface area contributed by atoms with Crippen molar-refractivity contribution < 1.29 is 6.48 Å². The van der Waals surface area contributed by atoms with E-state index in [9.17, 15) is 5.11 Å². The maximum atomic E-state index is 9.21. The summed E-state index contributed by atoms with van der Waals surface area (Å²) in [4.78, 5) is 0. The predicted octanol–water partition coefficient (Wildman–Crippen LogP) is 2.03. The quantitative estimate of drug-likeness (QED) is 0.675. The second-order valence-electron chi connectivity index (χ2n) is 2.55. The molecule has 1 nitrogen and oxygen atoms in total. The van der Waals surface area contributed by atoms with Crippen molar-refractivity contribution in [1.29, 1.82) is 0 Å². The number of rotatable bonds is 4. The van der Waals surface area contributed by atoms with Crippen molar-refractivity contribution in [2.45, 2.75) is 36.5 Å². The van der Waals surface area contributed by atoms with E-state index in [1.807, 2.05) is 0 Å². The molecule has 0 amide bonds. The fourth-order valence-corrected chi connectivity index (χ4v) is 5.32. The molecule has 1 N–H and O–H groups in total. The van der Waals surface area contributed by atoms with Gasteiger partial charge in [-0.25, -0.2) is 0 Å². The van der Waals surface area contributed by atoms with E-state index in [4.69, 9.17) is 1.37 Å². The summed E-state index contributed by atoms with van der Waals surface area (Å²) in [7, 11) is 0. The monoisotopic (exact) mass is 193 g/mol. The van der Waals surface area contributed by atoms with Crippen LogP contribution >= 0.6 is 0 Å². The number of hydrogen-bond acceptors (Lipinski definition) is 1. The molecule has 0 saturated carbocycles. The van der Waals surface area contributed by atoms with E-state index >= 15 is 0 Å². The Kier molecular flexibility index (Phi) is 3.67. The molecule has 0 aliphatic rings. The molecule has 0 aromatic heterocycles. The minimum absolute atomic E-state index is 0.722. The molecular weight excluding hydrogens is 173 g/mol. The Labute approximate surface area is 62.2 Å². The van der Waals surface area contributed by atoms with Crippen molar-refractivity contribution in [3.8, 4) is 0 Å². The molecule has 0 aromatic carbocycles. The summed E-state index contributed by atoms with van der Waals surface area (Å²) in [6, 6.07) is 0. The SMILES string of the molecule is [2H][C@H](O)[Ge]([CH2]C)([CH2]C)[CH2]C. The van der Waals surface area contributed by atoms with E-state index in [2.05, 4.69) is 20.8 Å². The topological polar surface area (TPSA) is 20.2 Å². The summed E-state index contributed by atoms with van der Waals surface area (Å²) in [6.07, 6.45) is 0. The van der Waals surface area contributed by atoms with Crippen LogP contribution in [0.15, 0.2) is 0 Å². The number of hydrogen-bond donors (Lipinski definition) is 1. The molecule has 0 aliphatic carbocycles. The van der Waals surface area contributed by atoms with Gasteiger partial charge in [-0.2, -0.15) is 0 Å². The normalized spacial score (nSPS) is 17.1. The summed E-state index contributed by atoms with van der Waals surface area (Å²) < 4.78 is 7.32. The molecule has 0 saturated heterocycles. The van der Waals surface area contributed by atoms with E-state index < -0.39 is 18.7 Å². The molecule has 0 spiro atoms. The van der Waals surface area contributed by atoms with Crippen molar-refractivity contribution in [2.75, 3.05) is 5.42 Å². The third kappa shape index (κ3) is 2.30. The van der Waals surface area contributed by atoms with Gasteiger partial charge in [0.1, 0.15) is 0 Å². The Morgan fingerprint density at radius 2 is 1.56 bits per heavy atom. The Morgan fingerprint density at radius 1 is 1.22 bits per heavy atom. The van der Waals surface area contributed by atoms with Gasteiger partial charge >= 0.3 is 61.7 Å². The standard InChI is InChI=1S/C7H18GeO/c1-4-8(5-2,6-3)7-9/h9H,4-7H2,1-3H3/i7D/t7-/m0/s1. The zero-order valence-corrected chi connectivity index (χ0v) is 8.74. The molecule has 0 rings (SSSR count). The van der Waals surface area contributed by atoms with E-state index in [0.29, 0.717) is 0 Å². The van der Waals surface area contributed by atoms with Crippen LogP contribution in [0, 0.1) is 0 Å². The third-order valence-corrected chi connectivity index (χ3v) is 12.4. The summed E-state index contributed by atoms with van der Waals surface area (Å²) in [5.74, 6) is 0. The van der Waals surface area contributed by atoms with Crippen LogP contribution in [-0.4, -0.2) is 23.8 Å². The fraction of sp³-hybridized carbons (Fsp3) is 1.00.